The normalized spacial score (nSPS) is 14.1. The van der Waals surface area contributed by atoms with Crippen molar-refractivity contribution in [3.05, 3.63) is 54.0 Å². The van der Waals surface area contributed by atoms with Gasteiger partial charge in [0.25, 0.3) is 0 Å². The molecule has 80 valence electrons. The highest BCUT2D eigenvalue weighted by Gasteiger charge is 2.10. The van der Waals surface area contributed by atoms with Gasteiger partial charge in [0.05, 0.1) is 6.10 Å². The SMILES string of the molecule is C=C=CC(C)CC(O)c1ccc(F)cc1. The quantitative estimate of drug-likeness (QED) is 0.750. The molecule has 1 rings (SSSR count). The summed E-state index contributed by atoms with van der Waals surface area (Å²) in [5.41, 5.74) is 3.42. The molecule has 0 aliphatic heterocycles. The van der Waals surface area contributed by atoms with E-state index in [1.54, 1.807) is 12.1 Å². The molecule has 2 atom stereocenters. The number of hydrogen-bond donors (Lipinski definition) is 1. The van der Waals surface area contributed by atoms with Crippen molar-refractivity contribution in [2.75, 3.05) is 0 Å². The Balaban J connectivity index is 2.64. The fourth-order valence-corrected chi connectivity index (χ4v) is 1.44. The van der Waals surface area contributed by atoms with Gasteiger partial charge in [0.1, 0.15) is 5.82 Å². The third-order valence-electron chi connectivity index (χ3n) is 2.25. The molecule has 0 amide bonds. The van der Waals surface area contributed by atoms with E-state index in [0.29, 0.717) is 6.42 Å². The molecule has 0 saturated carbocycles. The minimum atomic E-state index is -0.565. The molecule has 0 saturated heterocycles. The van der Waals surface area contributed by atoms with Gasteiger partial charge in [-0.1, -0.05) is 25.6 Å². The minimum Gasteiger partial charge on any atom is -0.388 e. The van der Waals surface area contributed by atoms with E-state index in [4.69, 9.17) is 0 Å². The van der Waals surface area contributed by atoms with Crippen molar-refractivity contribution < 1.29 is 9.50 Å². The highest BCUT2D eigenvalue weighted by molar-refractivity contribution is 5.18. The summed E-state index contributed by atoms with van der Waals surface area (Å²) in [5.74, 6) is -0.0764. The maximum Gasteiger partial charge on any atom is 0.123 e. The van der Waals surface area contributed by atoms with Crippen molar-refractivity contribution in [3.8, 4) is 0 Å². The maximum atomic E-state index is 12.6. The van der Waals surface area contributed by atoms with E-state index in [2.05, 4.69) is 12.3 Å². The monoisotopic (exact) mass is 206 g/mol. The Labute approximate surface area is 89.6 Å². The second kappa shape index (κ2) is 5.50. The summed E-state index contributed by atoms with van der Waals surface area (Å²) in [6.07, 6.45) is 1.84. The van der Waals surface area contributed by atoms with E-state index < -0.39 is 6.10 Å². The van der Waals surface area contributed by atoms with Gasteiger partial charge in [-0.25, -0.2) is 4.39 Å². The van der Waals surface area contributed by atoms with Gasteiger partial charge in [-0.2, -0.15) is 0 Å². The van der Waals surface area contributed by atoms with Gasteiger partial charge in [-0.15, -0.1) is 5.73 Å². The molecule has 0 bridgehead atoms. The van der Waals surface area contributed by atoms with Crippen LogP contribution in [0.4, 0.5) is 4.39 Å². The predicted molar refractivity (Wildman–Crippen MR) is 58.9 cm³/mol. The Morgan fingerprint density at radius 3 is 2.60 bits per heavy atom. The van der Waals surface area contributed by atoms with Gasteiger partial charge in [0, 0.05) is 0 Å². The molecule has 0 aliphatic carbocycles. The molecule has 0 fully saturated rings. The van der Waals surface area contributed by atoms with Crippen LogP contribution in [0, 0.1) is 11.7 Å². The van der Waals surface area contributed by atoms with Crippen LogP contribution in [0.3, 0.4) is 0 Å². The van der Waals surface area contributed by atoms with Gasteiger partial charge >= 0.3 is 0 Å². The van der Waals surface area contributed by atoms with Gasteiger partial charge < -0.3 is 5.11 Å². The molecular weight excluding hydrogens is 191 g/mol. The second-order valence-electron chi connectivity index (χ2n) is 3.65. The topological polar surface area (TPSA) is 20.2 Å². The lowest BCUT2D eigenvalue weighted by molar-refractivity contribution is 0.155. The standard InChI is InChI=1S/C13H15FO/c1-3-4-10(2)9-13(15)11-5-7-12(14)8-6-11/h4-8,10,13,15H,1,9H2,2H3. The molecule has 0 aromatic heterocycles. The molecule has 0 heterocycles. The first kappa shape index (κ1) is 11.7. The van der Waals surface area contributed by atoms with Crippen LogP contribution in [-0.2, 0) is 0 Å². The molecule has 0 spiro atoms. The van der Waals surface area contributed by atoms with Crippen molar-refractivity contribution in [3.63, 3.8) is 0 Å². The number of aliphatic hydroxyl groups is 1. The largest absolute Gasteiger partial charge is 0.388 e. The Morgan fingerprint density at radius 1 is 1.47 bits per heavy atom. The fourth-order valence-electron chi connectivity index (χ4n) is 1.44. The smallest absolute Gasteiger partial charge is 0.123 e. The van der Waals surface area contributed by atoms with Crippen LogP contribution in [0.25, 0.3) is 0 Å². The van der Waals surface area contributed by atoms with E-state index in [-0.39, 0.29) is 11.7 Å². The summed E-state index contributed by atoms with van der Waals surface area (Å²) in [5, 5.41) is 9.82. The average molecular weight is 206 g/mol. The van der Waals surface area contributed by atoms with E-state index in [0.717, 1.165) is 5.56 Å². The summed E-state index contributed by atoms with van der Waals surface area (Å²) >= 11 is 0. The van der Waals surface area contributed by atoms with Crippen LogP contribution in [0.15, 0.2) is 42.7 Å². The number of allylic oxidation sites excluding steroid dienone is 1. The summed E-state index contributed by atoms with van der Waals surface area (Å²) in [7, 11) is 0. The third kappa shape index (κ3) is 3.70. The van der Waals surface area contributed by atoms with Crippen molar-refractivity contribution in [1.29, 1.82) is 0 Å². The van der Waals surface area contributed by atoms with E-state index in [9.17, 15) is 9.50 Å². The Bertz CT molecular complexity index is 349. The van der Waals surface area contributed by atoms with Crippen LogP contribution < -0.4 is 0 Å². The Hall–Kier alpha value is -1.37. The van der Waals surface area contributed by atoms with Crippen LogP contribution in [0.1, 0.15) is 25.0 Å². The van der Waals surface area contributed by atoms with Crippen molar-refractivity contribution in [2.45, 2.75) is 19.4 Å². The molecule has 2 heteroatoms. The molecule has 1 aromatic rings. The van der Waals surface area contributed by atoms with Crippen LogP contribution in [0.5, 0.6) is 0 Å². The lowest BCUT2D eigenvalue weighted by Crippen LogP contribution is -2.02. The highest BCUT2D eigenvalue weighted by Crippen LogP contribution is 2.21. The van der Waals surface area contributed by atoms with Gasteiger partial charge in [0.2, 0.25) is 0 Å². The molecule has 1 nitrogen and oxygen atoms in total. The first-order valence-corrected chi connectivity index (χ1v) is 4.93. The van der Waals surface area contributed by atoms with Crippen LogP contribution in [0.2, 0.25) is 0 Å². The molecule has 2 unspecified atom stereocenters. The van der Waals surface area contributed by atoms with Crippen LogP contribution in [-0.4, -0.2) is 5.11 Å². The van der Waals surface area contributed by atoms with E-state index >= 15 is 0 Å². The molecule has 0 radical (unpaired) electrons. The summed E-state index contributed by atoms with van der Waals surface area (Å²) in [4.78, 5) is 0. The lowest BCUT2D eigenvalue weighted by Gasteiger charge is -2.13. The first-order chi connectivity index (χ1) is 7.13. The molecule has 15 heavy (non-hydrogen) atoms. The number of rotatable bonds is 4. The minimum absolute atomic E-state index is 0.211. The predicted octanol–water partition coefficient (Wildman–Crippen LogP) is 3.23. The first-order valence-electron chi connectivity index (χ1n) is 4.93. The van der Waals surface area contributed by atoms with Gasteiger partial charge in [0.15, 0.2) is 0 Å². The molecule has 1 N–H and O–H groups in total. The summed E-state index contributed by atoms with van der Waals surface area (Å²) in [6.45, 7) is 5.46. The van der Waals surface area contributed by atoms with Gasteiger partial charge in [-0.3, -0.25) is 0 Å². The van der Waals surface area contributed by atoms with Crippen molar-refractivity contribution in [2.24, 2.45) is 5.92 Å². The van der Waals surface area contributed by atoms with Crippen LogP contribution >= 0.6 is 0 Å². The maximum absolute atomic E-state index is 12.6. The fraction of sp³-hybridized carbons (Fsp3) is 0.308. The number of hydrogen-bond acceptors (Lipinski definition) is 1. The van der Waals surface area contributed by atoms with Gasteiger partial charge in [-0.05, 0) is 36.1 Å². The zero-order chi connectivity index (χ0) is 11.3. The molecule has 1 aromatic carbocycles. The van der Waals surface area contributed by atoms with Crippen molar-refractivity contribution in [1.82, 2.24) is 0 Å². The zero-order valence-electron chi connectivity index (χ0n) is 8.78. The zero-order valence-corrected chi connectivity index (χ0v) is 8.78. The molecular formula is C13H15FO. The summed E-state index contributed by atoms with van der Waals surface area (Å²) in [6, 6.07) is 5.91. The molecule has 0 aliphatic rings. The number of halogens is 1. The number of benzene rings is 1. The third-order valence-corrected chi connectivity index (χ3v) is 2.25. The van der Waals surface area contributed by atoms with E-state index in [1.165, 1.54) is 12.1 Å². The average Bonchev–Trinajstić information content (AvgIpc) is 2.18. The Morgan fingerprint density at radius 2 is 2.07 bits per heavy atom. The second-order valence-corrected chi connectivity index (χ2v) is 3.65. The number of aliphatic hydroxyl groups excluding tert-OH is 1. The highest BCUT2D eigenvalue weighted by atomic mass is 19.1. The summed E-state index contributed by atoms with van der Waals surface area (Å²) < 4.78 is 12.6. The Kier molecular flexibility index (Phi) is 4.29. The lowest BCUT2D eigenvalue weighted by atomic mass is 9.98. The van der Waals surface area contributed by atoms with Crippen molar-refractivity contribution >= 4 is 0 Å². The van der Waals surface area contributed by atoms with E-state index in [1.807, 2.05) is 13.0 Å².